The molecular weight excluding hydrogens is 352 g/mol. The highest BCUT2D eigenvalue weighted by Crippen LogP contribution is 2.32. The van der Waals surface area contributed by atoms with Crippen LogP contribution in [0, 0.1) is 13.8 Å². The molecular formula is C18H14N4OS2. The molecule has 0 saturated heterocycles. The van der Waals surface area contributed by atoms with Crippen molar-refractivity contribution in [3.63, 3.8) is 0 Å². The summed E-state index contributed by atoms with van der Waals surface area (Å²) < 4.78 is 0. The van der Waals surface area contributed by atoms with Crippen LogP contribution in [-0.4, -0.2) is 20.9 Å². The van der Waals surface area contributed by atoms with E-state index in [1.54, 1.807) is 41.9 Å². The van der Waals surface area contributed by atoms with Gasteiger partial charge in [-0.15, -0.1) is 22.7 Å². The Kier molecular flexibility index (Phi) is 4.03. The standard InChI is InChI=1S/C18H14N4OS2/c1-10-7-13(11(2)25-10)16-9-24-18(21-16)22-17(23)12-3-4-14-15(8-12)20-6-5-19-14/h3-9H,1-2H3,(H,21,22,23). The van der Waals surface area contributed by atoms with Crippen LogP contribution in [0.15, 0.2) is 42.0 Å². The van der Waals surface area contributed by atoms with Crippen LogP contribution in [-0.2, 0) is 0 Å². The summed E-state index contributed by atoms with van der Waals surface area (Å²) in [6.07, 6.45) is 3.25. The number of amides is 1. The van der Waals surface area contributed by atoms with E-state index in [1.165, 1.54) is 21.1 Å². The molecule has 0 unspecified atom stereocenters. The van der Waals surface area contributed by atoms with Gasteiger partial charge in [0.1, 0.15) is 0 Å². The average Bonchev–Trinajstić information content (AvgIpc) is 3.20. The third-order valence-corrected chi connectivity index (χ3v) is 5.50. The van der Waals surface area contributed by atoms with Gasteiger partial charge in [0.05, 0.1) is 16.7 Å². The zero-order chi connectivity index (χ0) is 17.4. The lowest BCUT2D eigenvalue weighted by atomic mass is 10.2. The lowest BCUT2D eigenvalue weighted by Gasteiger charge is -2.03. The molecule has 0 radical (unpaired) electrons. The van der Waals surface area contributed by atoms with E-state index < -0.39 is 0 Å². The summed E-state index contributed by atoms with van der Waals surface area (Å²) in [5, 5.41) is 5.42. The van der Waals surface area contributed by atoms with Gasteiger partial charge in [-0.1, -0.05) is 0 Å². The molecule has 0 fully saturated rings. The molecule has 1 amide bonds. The average molecular weight is 366 g/mol. The third kappa shape index (κ3) is 3.16. The second-order valence-electron chi connectivity index (χ2n) is 5.58. The first-order valence-corrected chi connectivity index (χ1v) is 9.35. The van der Waals surface area contributed by atoms with Crippen LogP contribution in [0.25, 0.3) is 22.3 Å². The van der Waals surface area contributed by atoms with Gasteiger partial charge in [0.25, 0.3) is 5.91 Å². The number of carbonyl (C=O) groups excluding carboxylic acids is 1. The topological polar surface area (TPSA) is 67.8 Å². The van der Waals surface area contributed by atoms with Crippen molar-refractivity contribution in [2.24, 2.45) is 0 Å². The van der Waals surface area contributed by atoms with Crippen molar-refractivity contribution in [2.45, 2.75) is 13.8 Å². The largest absolute Gasteiger partial charge is 0.298 e. The Balaban J connectivity index is 1.57. The molecule has 25 heavy (non-hydrogen) atoms. The summed E-state index contributed by atoms with van der Waals surface area (Å²) in [5.41, 5.74) is 4.01. The summed E-state index contributed by atoms with van der Waals surface area (Å²) in [6, 6.07) is 7.40. The van der Waals surface area contributed by atoms with Crippen LogP contribution in [0.4, 0.5) is 5.13 Å². The molecule has 7 heteroatoms. The third-order valence-electron chi connectivity index (χ3n) is 3.77. The maximum Gasteiger partial charge on any atom is 0.257 e. The van der Waals surface area contributed by atoms with Gasteiger partial charge in [-0.25, -0.2) is 4.98 Å². The van der Waals surface area contributed by atoms with Gasteiger partial charge in [-0.2, -0.15) is 0 Å². The van der Waals surface area contributed by atoms with Crippen LogP contribution in [0.2, 0.25) is 0 Å². The first kappa shape index (κ1) is 15.9. The van der Waals surface area contributed by atoms with Crippen LogP contribution in [0.5, 0.6) is 0 Å². The number of benzene rings is 1. The zero-order valence-corrected chi connectivity index (χ0v) is 15.2. The number of thiazole rings is 1. The fourth-order valence-corrected chi connectivity index (χ4v) is 4.25. The first-order valence-electron chi connectivity index (χ1n) is 7.65. The molecule has 0 atom stereocenters. The number of aromatic nitrogens is 3. The highest BCUT2D eigenvalue weighted by molar-refractivity contribution is 7.14. The normalized spacial score (nSPS) is 11.0. The molecule has 1 N–H and O–H groups in total. The smallest absolute Gasteiger partial charge is 0.257 e. The fraction of sp³-hybridized carbons (Fsp3) is 0.111. The molecule has 3 aromatic heterocycles. The first-order chi connectivity index (χ1) is 12.1. The van der Waals surface area contributed by atoms with E-state index in [1.807, 2.05) is 5.38 Å². The van der Waals surface area contributed by atoms with Gasteiger partial charge in [0, 0.05) is 38.7 Å². The number of hydrogen-bond acceptors (Lipinski definition) is 6. The lowest BCUT2D eigenvalue weighted by Crippen LogP contribution is -2.11. The Morgan fingerprint density at radius 3 is 2.64 bits per heavy atom. The van der Waals surface area contributed by atoms with Crippen molar-refractivity contribution < 1.29 is 4.79 Å². The summed E-state index contributed by atoms with van der Waals surface area (Å²) in [7, 11) is 0. The number of anilines is 1. The molecule has 124 valence electrons. The van der Waals surface area contributed by atoms with Crippen molar-refractivity contribution in [2.75, 3.05) is 5.32 Å². The van der Waals surface area contributed by atoms with Gasteiger partial charge in [0.15, 0.2) is 5.13 Å². The Bertz CT molecular complexity index is 1080. The number of nitrogens with one attached hydrogen (secondary N) is 1. The van der Waals surface area contributed by atoms with E-state index in [0.29, 0.717) is 16.2 Å². The van der Waals surface area contributed by atoms with Crippen molar-refractivity contribution in [3.8, 4) is 11.3 Å². The molecule has 5 nitrogen and oxygen atoms in total. The summed E-state index contributed by atoms with van der Waals surface area (Å²) >= 11 is 3.17. The van der Waals surface area contributed by atoms with E-state index >= 15 is 0 Å². The molecule has 0 aliphatic carbocycles. The maximum atomic E-state index is 12.5. The van der Waals surface area contributed by atoms with Crippen molar-refractivity contribution in [1.82, 2.24) is 15.0 Å². The van der Waals surface area contributed by atoms with Crippen LogP contribution < -0.4 is 5.32 Å². The fourth-order valence-electron chi connectivity index (χ4n) is 2.61. The Morgan fingerprint density at radius 2 is 1.88 bits per heavy atom. The number of fused-ring (bicyclic) bond motifs is 1. The number of thiophene rings is 1. The second kappa shape index (κ2) is 6.34. The number of carbonyl (C=O) groups is 1. The van der Waals surface area contributed by atoms with Crippen molar-refractivity contribution in [3.05, 3.63) is 57.4 Å². The van der Waals surface area contributed by atoms with Crippen LogP contribution in [0.3, 0.4) is 0 Å². The zero-order valence-electron chi connectivity index (χ0n) is 13.6. The van der Waals surface area contributed by atoms with Crippen LogP contribution >= 0.6 is 22.7 Å². The molecule has 0 spiro atoms. The molecule has 0 aliphatic heterocycles. The SMILES string of the molecule is Cc1cc(-c2csc(NC(=O)c3ccc4nccnc4c3)n2)c(C)s1. The van der Waals surface area contributed by atoms with E-state index in [4.69, 9.17) is 0 Å². The summed E-state index contributed by atoms with van der Waals surface area (Å²) in [5.74, 6) is -0.202. The number of aryl methyl sites for hydroxylation is 2. The quantitative estimate of drug-likeness (QED) is 0.571. The van der Waals surface area contributed by atoms with Crippen molar-refractivity contribution in [1.29, 1.82) is 0 Å². The number of rotatable bonds is 3. The highest BCUT2D eigenvalue weighted by Gasteiger charge is 2.13. The van der Waals surface area contributed by atoms with Gasteiger partial charge in [0.2, 0.25) is 0 Å². The van der Waals surface area contributed by atoms with E-state index in [9.17, 15) is 4.79 Å². The minimum atomic E-state index is -0.202. The van der Waals surface area contributed by atoms with Crippen molar-refractivity contribution >= 4 is 44.7 Å². The predicted molar refractivity (Wildman–Crippen MR) is 102 cm³/mol. The van der Waals surface area contributed by atoms with Gasteiger partial charge in [-0.05, 0) is 38.1 Å². The van der Waals surface area contributed by atoms with Gasteiger partial charge < -0.3 is 0 Å². The molecule has 4 aromatic rings. The number of nitrogens with zero attached hydrogens (tertiary/aromatic N) is 3. The minimum Gasteiger partial charge on any atom is -0.298 e. The maximum absolute atomic E-state index is 12.5. The van der Waals surface area contributed by atoms with Gasteiger partial charge in [-0.3, -0.25) is 20.1 Å². The Labute approximate surface area is 152 Å². The number of hydrogen-bond donors (Lipinski definition) is 1. The van der Waals surface area contributed by atoms with E-state index in [-0.39, 0.29) is 5.91 Å². The minimum absolute atomic E-state index is 0.202. The molecule has 0 bridgehead atoms. The Hall–Kier alpha value is -2.64. The van der Waals surface area contributed by atoms with Crippen LogP contribution in [0.1, 0.15) is 20.1 Å². The van der Waals surface area contributed by atoms with Gasteiger partial charge >= 0.3 is 0 Å². The molecule has 0 aliphatic rings. The molecule has 4 rings (SSSR count). The monoisotopic (exact) mass is 366 g/mol. The lowest BCUT2D eigenvalue weighted by molar-refractivity contribution is 0.102. The Morgan fingerprint density at radius 1 is 1.08 bits per heavy atom. The summed E-state index contributed by atoms with van der Waals surface area (Å²) in [4.78, 5) is 28.0. The molecule has 1 aromatic carbocycles. The second-order valence-corrected chi connectivity index (χ2v) is 7.90. The molecule has 0 saturated carbocycles. The highest BCUT2D eigenvalue weighted by atomic mass is 32.1. The predicted octanol–water partition coefficient (Wildman–Crippen LogP) is 4.68. The molecule has 3 heterocycles. The van der Waals surface area contributed by atoms with E-state index in [2.05, 4.69) is 40.2 Å². The summed E-state index contributed by atoms with van der Waals surface area (Å²) in [6.45, 7) is 4.17. The van der Waals surface area contributed by atoms with E-state index in [0.717, 1.165) is 16.8 Å².